The first-order valence-corrected chi connectivity index (χ1v) is 15.8. The number of hydrogen-bond acceptors (Lipinski definition) is 0. The van der Waals surface area contributed by atoms with E-state index in [-0.39, 0.29) is 0 Å². The van der Waals surface area contributed by atoms with Gasteiger partial charge in [0.25, 0.3) is 0 Å². The summed E-state index contributed by atoms with van der Waals surface area (Å²) in [4.78, 5) is 0. The number of allylic oxidation sites excluding steroid dienone is 1. The summed E-state index contributed by atoms with van der Waals surface area (Å²) in [6.45, 7) is 0. The molecule has 212 valence electrons. The van der Waals surface area contributed by atoms with E-state index in [4.69, 9.17) is 0 Å². The van der Waals surface area contributed by atoms with Crippen LogP contribution in [-0.2, 0) is 6.42 Å². The predicted octanol–water partition coefficient (Wildman–Crippen LogP) is 11.8. The van der Waals surface area contributed by atoms with E-state index in [0.717, 1.165) is 12.8 Å². The van der Waals surface area contributed by atoms with Crippen LogP contribution in [-0.4, -0.2) is 4.57 Å². The van der Waals surface area contributed by atoms with Gasteiger partial charge in [-0.1, -0.05) is 127 Å². The predicted molar refractivity (Wildman–Crippen MR) is 192 cm³/mol. The molecule has 0 aliphatic heterocycles. The summed E-state index contributed by atoms with van der Waals surface area (Å²) in [6.07, 6.45) is 4.53. The van der Waals surface area contributed by atoms with Gasteiger partial charge in [0.05, 0.1) is 11.0 Å². The lowest BCUT2D eigenvalue weighted by Gasteiger charge is -2.19. The van der Waals surface area contributed by atoms with Crippen molar-refractivity contribution in [2.75, 3.05) is 0 Å². The van der Waals surface area contributed by atoms with Crippen LogP contribution in [0.1, 0.15) is 23.1 Å². The van der Waals surface area contributed by atoms with Gasteiger partial charge in [0.1, 0.15) is 0 Å². The Morgan fingerprint density at radius 2 is 0.978 bits per heavy atom. The van der Waals surface area contributed by atoms with Gasteiger partial charge in [-0.05, 0) is 105 Å². The number of benzene rings is 7. The molecule has 0 atom stereocenters. The molecule has 0 saturated heterocycles. The molecule has 1 heterocycles. The molecule has 0 bridgehead atoms. The maximum atomic E-state index is 2.43. The van der Waals surface area contributed by atoms with Gasteiger partial charge in [-0.25, -0.2) is 0 Å². The molecule has 0 fully saturated rings. The molecule has 0 N–H and O–H groups in total. The van der Waals surface area contributed by atoms with Crippen LogP contribution in [0.4, 0.5) is 0 Å². The Bertz CT molecular complexity index is 2290. The van der Waals surface area contributed by atoms with Crippen molar-refractivity contribution in [3.8, 4) is 27.9 Å². The minimum Gasteiger partial charge on any atom is -0.309 e. The first kappa shape index (κ1) is 25.8. The van der Waals surface area contributed by atoms with Gasteiger partial charge in [-0.15, -0.1) is 0 Å². The van der Waals surface area contributed by atoms with Crippen molar-refractivity contribution in [3.05, 3.63) is 174 Å². The Morgan fingerprint density at radius 3 is 1.62 bits per heavy atom. The summed E-state index contributed by atoms with van der Waals surface area (Å²) in [7, 11) is 0. The monoisotopic (exact) mass is 573 g/mol. The van der Waals surface area contributed by atoms with Crippen molar-refractivity contribution < 1.29 is 0 Å². The van der Waals surface area contributed by atoms with Gasteiger partial charge in [0.15, 0.2) is 0 Å². The average Bonchev–Trinajstić information content (AvgIpc) is 3.45. The van der Waals surface area contributed by atoms with E-state index >= 15 is 0 Å². The summed E-state index contributed by atoms with van der Waals surface area (Å²) in [5.74, 6) is 0. The second kappa shape index (κ2) is 10.5. The fourth-order valence-electron chi connectivity index (χ4n) is 7.26. The molecule has 0 unspecified atom stereocenters. The highest BCUT2D eigenvalue weighted by atomic mass is 15.0. The van der Waals surface area contributed by atoms with Gasteiger partial charge >= 0.3 is 0 Å². The first-order chi connectivity index (χ1) is 22.3. The Morgan fingerprint density at radius 1 is 0.400 bits per heavy atom. The summed E-state index contributed by atoms with van der Waals surface area (Å²) in [5.41, 5.74) is 14.1. The smallest absolute Gasteiger partial charge is 0.0541 e. The zero-order valence-corrected chi connectivity index (χ0v) is 24.9. The summed E-state index contributed by atoms with van der Waals surface area (Å²) >= 11 is 0. The summed E-state index contributed by atoms with van der Waals surface area (Å²) in [6, 6.07) is 57.7. The lowest BCUT2D eigenvalue weighted by molar-refractivity contribution is 1.01. The van der Waals surface area contributed by atoms with E-state index in [2.05, 4.69) is 168 Å². The largest absolute Gasteiger partial charge is 0.309 e. The standard InChI is InChI=1S/C44H31N/c1-3-9-30(10-4-1)35-20-25-43-41(28-35)42-29-36(31-11-5-2-6-12-31)21-26-44(42)45(43)38-22-17-32(18-23-38)34-19-24-40-37(27-34)16-15-33-13-7-8-14-39(33)40/h1-18,20-23,25-29H,19,24H2. The fraction of sp³-hybridized carbons (Fsp3) is 0.0455. The molecule has 9 rings (SSSR count). The molecule has 0 spiro atoms. The number of rotatable bonds is 4. The number of hydrogen-bond donors (Lipinski definition) is 0. The molecule has 45 heavy (non-hydrogen) atoms. The molecule has 0 amide bonds. The van der Waals surface area contributed by atoms with Crippen molar-refractivity contribution >= 4 is 44.2 Å². The quantitative estimate of drug-likeness (QED) is 0.197. The zero-order chi connectivity index (χ0) is 29.7. The van der Waals surface area contributed by atoms with Gasteiger partial charge in [-0.3, -0.25) is 0 Å². The lowest BCUT2D eigenvalue weighted by Crippen LogP contribution is -2.00. The van der Waals surface area contributed by atoms with Crippen molar-refractivity contribution in [2.24, 2.45) is 0 Å². The maximum absolute atomic E-state index is 2.43. The molecule has 1 nitrogen and oxygen atoms in total. The Balaban J connectivity index is 1.16. The third-order valence-corrected chi connectivity index (χ3v) is 9.53. The van der Waals surface area contributed by atoms with E-state index in [1.54, 1.807) is 0 Å². The van der Waals surface area contributed by atoms with Gasteiger partial charge in [0, 0.05) is 16.5 Å². The van der Waals surface area contributed by atoms with Crippen LogP contribution in [0.3, 0.4) is 0 Å². The van der Waals surface area contributed by atoms with Crippen LogP contribution in [0.2, 0.25) is 0 Å². The molecule has 1 aliphatic rings. The second-order valence-electron chi connectivity index (χ2n) is 12.1. The third-order valence-electron chi connectivity index (χ3n) is 9.53. The number of aromatic nitrogens is 1. The maximum Gasteiger partial charge on any atom is 0.0541 e. The van der Waals surface area contributed by atoms with E-state index in [9.17, 15) is 0 Å². The minimum absolute atomic E-state index is 1.06. The van der Waals surface area contributed by atoms with E-state index in [1.165, 1.54) is 82.8 Å². The van der Waals surface area contributed by atoms with E-state index < -0.39 is 0 Å². The van der Waals surface area contributed by atoms with Gasteiger partial charge in [-0.2, -0.15) is 0 Å². The highest BCUT2D eigenvalue weighted by molar-refractivity contribution is 6.11. The second-order valence-corrected chi connectivity index (χ2v) is 12.1. The van der Waals surface area contributed by atoms with Gasteiger partial charge < -0.3 is 4.57 Å². The molecular weight excluding hydrogens is 542 g/mol. The summed E-state index contributed by atoms with van der Waals surface area (Å²) < 4.78 is 2.43. The SMILES string of the molecule is C1=C(c2ccc(-n3c4ccc(-c5ccccc5)cc4c4cc(-c5ccccc5)ccc43)cc2)CCc2c1ccc1ccccc21. The van der Waals surface area contributed by atoms with E-state index in [0.29, 0.717) is 0 Å². The van der Waals surface area contributed by atoms with Crippen molar-refractivity contribution in [1.82, 2.24) is 4.57 Å². The van der Waals surface area contributed by atoms with Crippen LogP contribution < -0.4 is 0 Å². The molecule has 7 aromatic carbocycles. The Labute approximate surface area is 263 Å². The van der Waals surface area contributed by atoms with E-state index in [1.807, 2.05) is 0 Å². The van der Waals surface area contributed by atoms with Crippen molar-refractivity contribution in [1.29, 1.82) is 0 Å². The average molecular weight is 574 g/mol. The molecule has 1 heteroatoms. The van der Waals surface area contributed by atoms with Gasteiger partial charge in [0.2, 0.25) is 0 Å². The molecule has 0 radical (unpaired) electrons. The molecule has 1 aromatic heterocycles. The molecule has 1 aliphatic carbocycles. The van der Waals surface area contributed by atoms with Crippen molar-refractivity contribution in [2.45, 2.75) is 12.8 Å². The van der Waals surface area contributed by atoms with Crippen LogP contribution in [0.25, 0.3) is 72.2 Å². The number of nitrogens with zero attached hydrogens (tertiary/aromatic N) is 1. The normalized spacial score (nSPS) is 12.8. The topological polar surface area (TPSA) is 4.93 Å². The zero-order valence-electron chi connectivity index (χ0n) is 24.9. The third kappa shape index (κ3) is 4.39. The molecule has 8 aromatic rings. The summed E-state index contributed by atoms with van der Waals surface area (Å²) in [5, 5.41) is 5.26. The molecular formula is C44H31N. The highest BCUT2D eigenvalue weighted by Crippen LogP contribution is 2.38. The lowest BCUT2D eigenvalue weighted by atomic mass is 9.86. The number of fused-ring (bicyclic) bond motifs is 6. The van der Waals surface area contributed by atoms with Crippen molar-refractivity contribution in [3.63, 3.8) is 0 Å². The van der Waals surface area contributed by atoms with Crippen LogP contribution >= 0.6 is 0 Å². The van der Waals surface area contributed by atoms with Crippen LogP contribution in [0, 0.1) is 0 Å². The molecule has 0 saturated carbocycles. The Kier molecular flexibility index (Phi) is 6.02. The number of aryl methyl sites for hydroxylation is 1. The fourth-order valence-corrected chi connectivity index (χ4v) is 7.26. The minimum atomic E-state index is 1.06. The van der Waals surface area contributed by atoms with Crippen LogP contribution in [0.15, 0.2) is 158 Å². The highest BCUT2D eigenvalue weighted by Gasteiger charge is 2.17. The van der Waals surface area contributed by atoms with Crippen LogP contribution in [0.5, 0.6) is 0 Å². The Hall–Kier alpha value is -5.66. The first-order valence-electron chi connectivity index (χ1n) is 15.8.